The molecule has 0 saturated carbocycles. The Labute approximate surface area is 166 Å². The Balaban J connectivity index is 2.26. The van der Waals surface area contributed by atoms with Crippen LogP contribution in [0.25, 0.3) is 11.6 Å². The second-order valence-electron chi connectivity index (χ2n) is 6.90. The number of non-ortho nitro benzene ring substituents is 1. The summed E-state index contributed by atoms with van der Waals surface area (Å²) in [5.41, 5.74) is 1.92. The van der Waals surface area contributed by atoms with Gasteiger partial charge in [-0.15, -0.1) is 0 Å². The third-order valence-electron chi connectivity index (χ3n) is 4.82. The van der Waals surface area contributed by atoms with E-state index in [1.807, 2.05) is 30.3 Å². The lowest BCUT2D eigenvalue weighted by molar-refractivity contribution is -0.384. The van der Waals surface area contributed by atoms with Crippen molar-refractivity contribution in [3.05, 3.63) is 75.8 Å². The van der Waals surface area contributed by atoms with Gasteiger partial charge in [-0.05, 0) is 29.5 Å². The molecule has 5 heteroatoms. The van der Waals surface area contributed by atoms with Gasteiger partial charge in [0.15, 0.2) is 0 Å². The van der Waals surface area contributed by atoms with E-state index in [2.05, 4.69) is 19.2 Å². The van der Waals surface area contributed by atoms with Crippen molar-refractivity contribution in [1.29, 1.82) is 0 Å². The number of rotatable bonds is 10. The first kappa shape index (κ1) is 21.4. The van der Waals surface area contributed by atoms with E-state index in [1.165, 1.54) is 12.1 Å². The number of amides is 1. The third kappa shape index (κ3) is 6.34. The minimum atomic E-state index is -0.431. The van der Waals surface area contributed by atoms with Crippen molar-refractivity contribution in [2.75, 3.05) is 6.54 Å². The molecule has 0 radical (unpaired) electrons. The SMILES string of the molecule is CCCC[C@H](CC)CNC(=O)/C(=C/c1cccc([N+](=O)[O-])c1)c1ccccc1. The average Bonchev–Trinajstić information content (AvgIpc) is 2.72. The first-order chi connectivity index (χ1) is 13.5. The molecule has 1 N–H and O–H groups in total. The Hall–Kier alpha value is -2.95. The summed E-state index contributed by atoms with van der Waals surface area (Å²) in [6.45, 7) is 4.94. The van der Waals surface area contributed by atoms with Crippen molar-refractivity contribution >= 4 is 23.2 Å². The molecule has 0 bridgehead atoms. The Bertz CT molecular complexity index is 816. The smallest absolute Gasteiger partial charge is 0.270 e. The number of nitrogens with one attached hydrogen (secondary N) is 1. The fraction of sp³-hybridized carbons (Fsp3) is 0.348. The molecule has 0 saturated heterocycles. The fourth-order valence-electron chi connectivity index (χ4n) is 3.07. The summed E-state index contributed by atoms with van der Waals surface area (Å²) < 4.78 is 0. The summed E-state index contributed by atoms with van der Waals surface area (Å²) >= 11 is 0. The number of carbonyl (C=O) groups excluding carboxylic acids is 1. The molecule has 5 nitrogen and oxygen atoms in total. The number of carbonyl (C=O) groups is 1. The van der Waals surface area contributed by atoms with Crippen molar-refractivity contribution < 1.29 is 9.72 Å². The quantitative estimate of drug-likeness (QED) is 0.257. The number of nitro groups is 1. The second kappa shape index (κ2) is 11.0. The minimum Gasteiger partial charge on any atom is -0.352 e. The van der Waals surface area contributed by atoms with E-state index in [0.717, 1.165) is 31.2 Å². The number of hydrogen-bond acceptors (Lipinski definition) is 3. The van der Waals surface area contributed by atoms with Gasteiger partial charge in [-0.2, -0.15) is 0 Å². The van der Waals surface area contributed by atoms with Gasteiger partial charge in [0.1, 0.15) is 0 Å². The van der Waals surface area contributed by atoms with E-state index in [0.29, 0.717) is 23.6 Å². The fourth-order valence-corrected chi connectivity index (χ4v) is 3.07. The Morgan fingerprint density at radius 2 is 1.89 bits per heavy atom. The largest absolute Gasteiger partial charge is 0.352 e. The van der Waals surface area contributed by atoms with Crippen LogP contribution in [-0.4, -0.2) is 17.4 Å². The van der Waals surface area contributed by atoms with Crippen molar-refractivity contribution in [1.82, 2.24) is 5.32 Å². The van der Waals surface area contributed by atoms with Gasteiger partial charge in [0.2, 0.25) is 0 Å². The highest BCUT2D eigenvalue weighted by molar-refractivity contribution is 6.24. The molecule has 2 aromatic carbocycles. The number of benzene rings is 2. The summed E-state index contributed by atoms with van der Waals surface area (Å²) in [5.74, 6) is 0.298. The number of hydrogen-bond donors (Lipinski definition) is 1. The van der Waals surface area contributed by atoms with Crippen molar-refractivity contribution in [2.45, 2.75) is 39.5 Å². The molecule has 0 aromatic heterocycles. The highest BCUT2D eigenvalue weighted by atomic mass is 16.6. The standard InChI is InChI=1S/C23H28N2O3/c1-3-5-10-18(4-2)17-24-23(26)22(20-12-7-6-8-13-20)16-19-11-9-14-21(15-19)25(27)28/h6-9,11-16,18H,3-5,10,17H2,1-2H3,(H,24,26)/b22-16+/t18-/m0/s1. The lowest BCUT2D eigenvalue weighted by Gasteiger charge is -2.16. The van der Waals surface area contributed by atoms with Crippen molar-refractivity contribution in [2.24, 2.45) is 5.92 Å². The summed E-state index contributed by atoms with van der Waals surface area (Å²) in [5, 5.41) is 14.1. The molecule has 1 atom stereocenters. The van der Waals surface area contributed by atoms with Crippen LogP contribution in [0.5, 0.6) is 0 Å². The van der Waals surface area contributed by atoms with Gasteiger partial charge < -0.3 is 5.32 Å². The molecule has 28 heavy (non-hydrogen) atoms. The predicted octanol–water partition coefficient (Wildman–Crippen LogP) is 5.47. The maximum Gasteiger partial charge on any atom is 0.270 e. The predicted molar refractivity (Wildman–Crippen MR) is 114 cm³/mol. The normalized spacial score (nSPS) is 12.4. The van der Waals surface area contributed by atoms with Crippen LogP contribution in [0.4, 0.5) is 5.69 Å². The monoisotopic (exact) mass is 380 g/mol. The van der Waals surface area contributed by atoms with Crippen LogP contribution in [0.2, 0.25) is 0 Å². The van der Waals surface area contributed by atoms with Gasteiger partial charge in [-0.1, -0.05) is 75.6 Å². The summed E-state index contributed by atoms with van der Waals surface area (Å²) in [7, 11) is 0. The van der Waals surface area contributed by atoms with Crippen molar-refractivity contribution in [3.8, 4) is 0 Å². The molecule has 2 aromatic rings. The van der Waals surface area contributed by atoms with Gasteiger partial charge in [0, 0.05) is 24.3 Å². The van der Waals surface area contributed by atoms with Crippen LogP contribution in [0, 0.1) is 16.0 Å². The van der Waals surface area contributed by atoms with E-state index in [9.17, 15) is 14.9 Å². The molecule has 0 aliphatic heterocycles. The first-order valence-corrected chi connectivity index (χ1v) is 9.84. The van der Waals surface area contributed by atoms with Gasteiger partial charge >= 0.3 is 0 Å². The van der Waals surface area contributed by atoms with Crippen LogP contribution in [0.15, 0.2) is 54.6 Å². The topological polar surface area (TPSA) is 72.2 Å². The third-order valence-corrected chi connectivity index (χ3v) is 4.82. The zero-order chi connectivity index (χ0) is 20.4. The molecular formula is C23H28N2O3. The second-order valence-corrected chi connectivity index (χ2v) is 6.90. The molecule has 148 valence electrons. The zero-order valence-electron chi connectivity index (χ0n) is 16.6. The van der Waals surface area contributed by atoms with E-state index in [-0.39, 0.29) is 11.6 Å². The minimum absolute atomic E-state index is 0.00665. The molecule has 2 rings (SSSR count). The molecule has 0 fully saturated rings. The molecule has 0 spiro atoms. The van der Waals surface area contributed by atoms with Crippen LogP contribution < -0.4 is 5.32 Å². The van der Waals surface area contributed by atoms with Crippen LogP contribution >= 0.6 is 0 Å². The van der Waals surface area contributed by atoms with E-state index in [4.69, 9.17) is 0 Å². The Kier molecular flexibility index (Phi) is 8.40. The molecule has 0 heterocycles. The lowest BCUT2D eigenvalue weighted by atomic mass is 9.98. The first-order valence-electron chi connectivity index (χ1n) is 9.84. The molecule has 0 aliphatic rings. The number of nitro benzene ring substituents is 1. The zero-order valence-corrected chi connectivity index (χ0v) is 16.6. The lowest BCUT2D eigenvalue weighted by Crippen LogP contribution is -2.29. The van der Waals surface area contributed by atoms with Crippen LogP contribution in [0.1, 0.15) is 50.7 Å². The highest BCUT2D eigenvalue weighted by Gasteiger charge is 2.15. The summed E-state index contributed by atoms with van der Waals surface area (Å²) in [6, 6.07) is 15.7. The molecule has 0 aliphatic carbocycles. The maximum atomic E-state index is 12.9. The van der Waals surface area contributed by atoms with Crippen LogP contribution in [-0.2, 0) is 4.79 Å². The van der Waals surface area contributed by atoms with Gasteiger partial charge in [-0.3, -0.25) is 14.9 Å². The van der Waals surface area contributed by atoms with E-state index >= 15 is 0 Å². The summed E-state index contributed by atoms with van der Waals surface area (Å²) in [4.78, 5) is 23.6. The van der Waals surface area contributed by atoms with Gasteiger partial charge in [0.05, 0.1) is 4.92 Å². The summed E-state index contributed by atoms with van der Waals surface area (Å²) in [6.07, 6.45) is 6.14. The van der Waals surface area contributed by atoms with Gasteiger partial charge in [0.25, 0.3) is 11.6 Å². The van der Waals surface area contributed by atoms with E-state index in [1.54, 1.807) is 18.2 Å². The highest BCUT2D eigenvalue weighted by Crippen LogP contribution is 2.22. The molecule has 0 unspecified atom stereocenters. The van der Waals surface area contributed by atoms with Crippen LogP contribution in [0.3, 0.4) is 0 Å². The molecule has 1 amide bonds. The van der Waals surface area contributed by atoms with Crippen molar-refractivity contribution in [3.63, 3.8) is 0 Å². The van der Waals surface area contributed by atoms with E-state index < -0.39 is 4.92 Å². The molecular weight excluding hydrogens is 352 g/mol. The average molecular weight is 380 g/mol. The Morgan fingerprint density at radius 1 is 1.14 bits per heavy atom. The Morgan fingerprint density at radius 3 is 2.54 bits per heavy atom. The van der Waals surface area contributed by atoms with Gasteiger partial charge in [-0.25, -0.2) is 0 Å². The number of nitrogens with zero attached hydrogens (tertiary/aromatic N) is 1. The maximum absolute atomic E-state index is 12.9. The number of unbranched alkanes of at least 4 members (excludes halogenated alkanes) is 1.